The lowest BCUT2D eigenvalue weighted by molar-refractivity contribution is 0.122. The van der Waals surface area contributed by atoms with Crippen molar-refractivity contribution in [1.82, 2.24) is 15.6 Å². The normalized spacial score (nSPS) is 15.1. The molecule has 6 nitrogen and oxygen atoms in total. The maximum Gasteiger partial charge on any atom is 0.315 e. The molecule has 0 saturated carbocycles. The van der Waals surface area contributed by atoms with Gasteiger partial charge in [-0.1, -0.05) is 6.07 Å². The van der Waals surface area contributed by atoms with Crippen LogP contribution in [0.2, 0.25) is 0 Å². The van der Waals surface area contributed by atoms with E-state index in [1.807, 2.05) is 19.1 Å². The van der Waals surface area contributed by atoms with E-state index in [-0.39, 0.29) is 6.03 Å². The molecule has 1 aromatic rings. The predicted octanol–water partition coefficient (Wildman–Crippen LogP) is 0.737. The molecule has 2 heterocycles. The largest absolute Gasteiger partial charge is 0.378 e. The zero-order valence-electron chi connectivity index (χ0n) is 11.2. The van der Waals surface area contributed by atoms with Crippen molar-refractivity contribution in [2.24, 2.45) is 0 Å². The number of amides is 2. The molecule has 6 heteroatoms. The Kier molecular flexibility index (Phi) is 4.97. The molecule has 0 spiro atoms. The lowest BCUT2D eigenvalue weighted by Gasteiger charge is -2.29. The molecule has 0 radical (unpaired) electrons. The molecule has 0 aliphatic carbocycles. The van der Waals surface area contributed by atoms with Crippen molar-refractivity contribution in [1.29, 1.82) is 0 Å². The van der Waals surface area contributed by atoms with E-state index in [1.54, 1.807) is 6.20 Å². The number of morpholine rings is 1. The van der Waals surface area contributed by atoms with Gasteiger partial charge < -0.3 is 20.3 Å². The van der Waals surface area contributed by atoms with Gasteiger partial charge in [-0.15, -0.1) is 0 Å². The monoisotopic (exact) mass is 264 g/mol. The maximum absolute atomic E-state index is 11.4. The quantitative estimate of drug-likeness (QED) is 0.841. The highest BCUT2D eigenvalue weighted by molar-refractivity contribution is 5.73. The van der Waals surface area contributed by atoms with Crippen molar-refractivity contribution in [2.75, 3.05) is 37.7 Å². The number of rotatable bonds is 4. The molecule has 2 N–H and O–H groups in total. The summed E-state index contributed by atoms with van der Waals surface area (Å²) < 4.78 is 5.34. The number of anilines is 1. The molecule has 1 aliphatic heterocycles. The van der Waals surface area contributed by atoms with E-state index in [0.29, 0.717) is 13.1 Å². The van der Waals surface area contributed by atoms with Crippen LogP contribution in [0.1, 0.15) is 12.5 Å². The predicted molar refractivity (Wildman–Crippen MR) is 73.2 cm³/mol. The summed E-state index contributed by atoms with van der Waals surface area (Å²) in [6, 6.07) is 3.72. The number of hydrogen-bond acceptors (Lipinski definition) is 4. The van der Waals surface area contributed by atoms with Gasteiger partial charge in [0.1, 0.15) is 5.82 Å². The van der Waals surface area contributed by atoms with Crippen molar-refractivity contribution < 1.29 is 9.53 Å². The Hall–Kier alpha value is -1.82. The third-order valence-corrected chi connectivity index (χ3v) is 2.95. The van der Waals surface area contributed by atoms with Crippen LogP contribution in [0.4, 0.5) is 10.6 Å². The average molecular weight is 264 g/mol. The van der Waals surface area contributed by atoms with Gasteiger partial charge in [-0.05, 0) is 13.0 Å². The molecule has 19 heavy (non-hydrogen) atoms. The third kappa shape index (κ3) is 3.82. The van der Waals surface area contributed by atoms with E-state index in [9.17, 15) is 4.79 Å². The highest BCUT2D eigenvalue weighted by Gasteiger charge is 2.15. The Bertz CT molecular complexity index is 419. The number of nitrogens with zero attached hydrogens (tertiary/aromatic N) is 2. The van der Waals surface area contributed by atoms with Gasteiger partial charge >= 0.3 is 6.03 Å². The second-order valence-corrected chi connectivity index (χ2v) is 4.30. The van der Waals surface area contributed by atoms with E-state index < -0.39 is 0 Å². The standard InChI is InChI=1S/C13H20N4O2/c1-2-14-13(18)16-10-11-4-3-5-15-12(11)17-6-8-19-9-7-17/h3-5H,2,6-10H2,1H3,(H2,14,16,18). The Balaban J connectivity index is 2.01. The topological polar surface area (TPSA) is 66.5 Å². The lowest BCUT2D eigenvalue weighted by atomic mass is 10.2. The van der Waals surface area contributed by atoms with Crippen molar-refractivity contribution in [3.63, 3.8) is 0 Å². The average Bonchev–Trinajstić information content (AvgIpc) is 2.47. The number of urea groups is 1. The molecule has 2 amide bonds. The van der Waals surface area contributed by atoms with Crippen LogP contribution < -0.4 is 15.5 Å². The van der Waals surface area contributed by atoms with Crippen molar-refractivity contribution in [3.8, 4) is 0 Å². The molecule has 2 rings (SSSR count). The zero-order valence-corrected chi connectivity index (χ0v) is 11.2. The van der Waals surface area contributed by atoms with Gasteiger partial charge in [0.15, 0.2) is 0 Å². The fourth-order valence-electron chi connectivity index (χ4n) is 2.03. The Morgan fingerprint density at radius 1 is 1.42 bits per heavy atom. The van der Waals surface area contributed by atoms with Crippen molar-refractivity contribution in [3.05, 3.63) is 23.9 Å². The molecule has 0 aromatic carbocycles. The summed E-state index contributed by atoms with van der Waals surface area (Å²) in [7, 11) is 0. The molecule has 0 unspecified atom stereocenters. The summed E-state index contributed by atoms with van der Waals surface area (Å²) in [5, 5.41) is 5.54. The molecule has 1 saturated heterocycles. The van der Waals surface area contributed by atoms with Crippen molar-refractivity contribution in [2.45, 2.75) is 13.5 Å². The van der Waals surface area contributed by atoms with Crippen LogP contribution in [0.15, 0.2) is 18.3 Å². The zero-order chi connectivity index (χ0) is 13.5. The van der Waals surface area contributed by atoms with Gasteiger partial charge in [0.25, 0.3) is 0 Å². The number of hydrogen-bond donors (Lipinski definition) is 2. The summed E-state index contributed by atoms with van der Waals surface area (Å²) in [6.07, 6.45) is 1.78. The summed E-state index contributed by atoms with van der Waals surface area (Å²) in [4.78, 5) is 18.0. The van der Waals surface area contributed by atoms with Gasteiger partial charge in [-0.2, -0.15) is 0 Å². The number of carbonyl (C=O) groups excluding carboxylic acids is 1. The molecule has 0 bridgehead atoms. The first kappa shape index (κ1) is 13.6. The van der Waals surface area contributed by atoms with E-state index in [2.05, 4.69) is 20.5 Å². The van der Waals surface area contributed by atoms with Crippen LogP contribution in [0.5, 0.6) is 0 Å². The number of ether oxygens (including phenoxy) is 1. The van der Waals surface area contributed by atoms with E-state index in [1.165, 1.54) is 0 Å². The minimum absolute atomic E-state index is 0.153. The van der Waals surface area contributed by atoms with Crippen LogP contribution in [0, 0.1) is 0 Å². The SMILES string of the molecule is CCNC(=O)NCc1cccnc1N1CCOCC1. The first-order valence-electron chi connectivity index (χ1n) is 6.59. The molecule has 1 fully saturated rings. The molecule has 104 valence electrons. The number of pyridine rings is 1. The first-order valence-corrected chi connectivity index (χ1v) is 6.59. The number of carbonyl (C=O) groups is 1. The third-order valence-electron chi connectivity index (χ3n) is 2.95. The lowest BCUT2D eigenvalue weighted by Crippen LogP contribution is -2.38. The van der Waals surface area contributed by atoms with Crippen LogP contribution in [-0.2, 0) is 11.3 Å². The Labute approximate surface area is 113 Å². The first-order chi connectivity index (χ1) is 9.31. The molecule has 0 atom stereocenters. The second kappa shape index (κ2) is 6.94. The number of nitrogens with one attached hydrogen (secondary N) is 2. The molecule has 1 aromatic heterocycles. The fourth-order valence-corrected chi connectivity index (χ4v) is 2.03. The molecular formula is C13H20N4O2. The van der Waals surface area contributed by atoms with Crippen LogP contribution in [-0.4, -0.2) is 43.9 Å². The molecule has 1 aliphatic rings. The maximum atomic E-state index is 11.4. The minimum atomic E-state index is -0.153. The van der Waals surface area contributed by atoms with Gasteiger partial charge in [-0.3, -0.25) is 0 Å². The summed E-state index contributed by atoms with van der Waals surface area (Å²) >= 11 is 0. The van der Waals surface area contributed by atoms with Crippen LogP contribution in [0.25, 0.3) is 0 Å². The van der Waals surface area contributed by atoms with E-state index in [4.69, 9.17) is 4.74 Å². The fraction of sp³-hybridized carbons (Fsp3) is 0.538. The van der Waals surface area contributed by atoms with Crippen LogP contribution in [0.3, 0.4) is 0 Å². The van der Waals surface area contributed by atoms with Gasteiger partial charge in [0.05, 0.1) is 13.2 Å². The van der Waals surface area contributed by atoms with Crippen LogP contribution >= 0.6 is 0 Å². The summed E-state index contributed by atoms with van der Waals surface area (Å²) in [6.45, 7) is 6.11. The van der Waals surface area contributed by atoms with E-state index >= 15 is 0 Å². The highest BCUT2D eigenvalue weighted by Crippen LogP contribution is 2.18. The van der Waals surface area contributed by atoms with E-state index in [0.717, 1.165) is 37.7 Å². The Morgan fingerprint density at radius 2 is 2.21 bits per heavy atom. The van der Waals surface area contributed by atoms with Crippen molar-refractivity contribution >= 4 is 11.8 Å². The molecular weight excluding hydrogens is 244 g/mol. The Morgan fingerprint density at radius 3 is 2.95 bits per heavy atom. The number of aromatic nitrogens is 1. The highest BCUT2D eigenvalue weighted by atomic mass is 16.5. The smallest absolute Gasteiger partial charge is 0.315 e. The summed E-state index contributed by atoms with van der Waals surface area (Å²) in [5.41, 5.74) is 1.02. The van der Waals surface area contributed by atoms with Gasteiger partial charge in [0.2, 0.25) is 0 Å². The van der Waals surface area contributed by atoms with Gasteiger partial charge in [-0.25, -0.2) is 9.78 Å². The summed E-state index contributed by atoms with van der Waals surface area (Å²) in [5.74, 6) is 0.933. The second-order valence-electron chi connectivity index (χ2n) is 4.30. The minimum Gasteiger partial charge on any atom is -0.378 e. The van der Waals surface area contributed by atoms with Gasteiger partial charge in [0, 0.05) is 37.9 Å².